The smallest absolute Gasteiger partial charge is 0.387 e. The minimum absolute atomic E-state index is 0.138. The van der Waals surface area contributed by atoms with E-state index in [1.54, 1.807) is 23.0 Å². The minimum atomic E-state index is -2.82. The van der Waals surface area contributed by atoms with Crippen LogP contribution < -0.4 is 4.74 Å². The third kappa shape index (κ3) is 3.07. The Morgan fingerprint density at radius 1 is 1.39 bits per heavy atom. The average molecular weight is 317 g/mol. The number of aromatic nitrogens is 2. The molecule has 1 aromatic heterocycles. The topological polar surface area (TPSA) is 27.1 Å². The van der Waals surface area contributed by atoms with E-state index in [-0.39, 0.29) is 5.75 Å². The predicted molar refractivity (Wildman–Crippen MR) is 66.8 cm³/mol. The Kier molecular flexibility index (Phi) is 3.96. The second-order valence-electron chi connectivity index (χ2n) is 3.77. The van der Waals surface area contributed by atoms with Gasteiger partial charge in [0, 0.05) is 25.4 Å². The number of hydrogen-bond acceptors (Lipinski definition) is 2. The number of ether oxygens (including phenoxy) is 1. The quantitative estimate of drug-likeness (QED) is 0.864. The van der Waals surface area contributed by atoms with Gasteiger partial charge in [0.05, 0.1) is 4.47 Å². The number of rotatable bonds is 4. The maximum atomic E-state index is 12.1. The fourth-order valence-corrected chi connectivity index (χ4v) is 2.15. The highest BCUT2D eigenvalue weighted by Crippen LogP contribution is 2.28. The molecule has 0 spiro atoms. The lowest BCUT2D eigenvalue weighted by Gasteiger charge is -2.08. The van der Waals surface area contributed by atoms with Gasteiger partial charge in [-0.2, -0.15) is 13.9 Å². The van der Waals surface area contributed by atoms with Crippen LogP contribution in [0, 0.1) is 0 Å². The number of aryl methyl sites for hydroxylation is 1. The molecule has 1 heterocycles. The lowest BCUT2D eigenvalue weighted by Crippen LogP contribution is -2.03. The zero-order valence-corrected chi connectivity index (χ0v) is 11.2. The van der Waals surface area contributed by atoms with Gasteiger partial charge in [0.15, 0.2) is 0 Å². The first-order valence-corrected chi connectivity index (χ1v) is 6.05. The van der Waals surface area contributed by atoms with Crippen molar-refractivity contribution in [2.24, 2.45) is 7.05 Å². The molecule has 0 aliphatic heterocycles. The zero-order chi connectivity index (χ0) is 13.1. The number of halogens is 3. The van der Waals surface area contributed by atoms with Crippen LogP contribution >= 0.6 is 15.9 Å². The molecular formula is C12H11BrF2N2O. The standard InChI is InChI=1S/C12H11BrF2N2O/c1-17-9(4-5-16-17)6-8-2-3-11(10(13)7-8)18-12(14)15/h2-5,7,12H,6H2,1H3. The molecule has 96 valence electrons. The summed E-state index contributed by atoms with van der Waals surface area (Å²) >= 11 is 3.22. The number of alkyl halides is 2. The molecule has 0 radical (unpaired) electrons. The van der Waals surface area contributed by atoms with Crippen molar-refractivity contribution >= 4 is 15.9 Å². The van der Waals surface area contributed by atoms with Crippen LogP contribution in [0.1, 0.15) is 11.3 Å². The molecule has 2 aromatic rings. The van der Waals surface area contributed by atoms with Gasteiger partial charge in [-0.15, -0.1) is 0 Å². The number of nitrogens with zero attached hydrogens (tertiary/aromatic N) is 2. The number of benzene rings is 1. The van der Waals surface area contributed by atoms with Gasteiger partial charge in [-0.05, 0) is 39.7 Å². The third-order valence-electron chi connectivity index (χ3n) is 2.52. The summed E-state index contributed by atoms with van der Waals surface area (Å²) in [5.41, 5.74) is 2.04. The van der Waals surface area contributed by atoms with Gasteiger partial charge < -0.3 is 4.74 Å². The fourth-order valence-electron chi connectivity index (χ4n) is 1.63. The van der Waals surface area contributed by atoms with Crippen LogP contribution in [0.25, 0.3) is 0 Å². The Morgan fingerprint density at radius 2 is 2.17 bits per heavy atom. The maximum Gasteiger partial charge on any atom is 0.387 e. The van der Waals surface area contributed by atoms with Gasteiger partial charge in [0.2, 0.25) is 0 Å². The van der Waals surface area contributed by atoms with E-state index in [1.807, 2.05) is 13.1 Å². The van der Waals surface area contributed by atoms with Crippen LogP contribution in [0.15, 0.2) is 34.9 Å². The molecule has 1 aromatic carbocycles. The predicted octanol–water partition coefficient (Wildman–Crippen LogP) is 3.37. The van der Waals surface area contributed by atoms with Gasteiger partial charge in [0.1, 0.15) is 5.75 Å². The molecule has 18 heavy (non-hydrogen) atoms. The van der Waals surface area contributed by atoms with Crippen molar-refractivity contribution in [3.8, 4) is 5.75 Å². The summed E-state index contributed by atoms with van der Waals surface area (Å²) in [6.45, 7) is -2.82. The van der Waals surface area contributed by atoms with Crippen molar-refractivity contribution in [3.05, 3.63) is 46.2 Å². The third-order valence-corrected chi connectivity index (χ3v) is 3.14. The van der Waals surface area contributed by atoms with Crippen LogP contribution in [-0.2, 0) is 13.5 Å². The highest BCUT2D eigenvalue weighted by molar-refractivity contribution is 9.10. The average Bonchev–Trinajstić information content (AvgIpc) is 2.68. The van der Waals surface area contributed by atoms with Crippen molar-refractivity contribution in [3.63, 3.8) is 0 Å². The van der Waals surface area contributed by atoms with Crippen LogP contribution in [-0.4, -0.2) is 16.4 Å². The summed E-state index contributed by atoms with van der Waals surface area (Å²) in [6.07, 6.45) is 2.41. The summed E-state index contributed by atoms with van der Waals surface area (Å²) in [4.78, 5) is 0. The van der Waals surface area contributed by atoms with Crippen molar-refractivity contribution in [1.29, 1.82) is 0 Å². The van der Waals surface area contributed by atoms with E-state index in [4.69, 9.17) is 0 Å². The van der Waals surface area contributed by atoms with Crippen molar-refractivity contribution in [1.82, 2.24) is 9.78 Å². The van der Waals surface area contributed by atoms with Crippen LogP contribution in [0.4, 0.5) is 8.78 Å². The zero-order valence-electron chi connectivity index (χ0n) is 9.61. The molecule has 0 amide bonds. The second-order valence-corrected chi connectivity index (χ2v) is 4.62. The van der Waals surface area contributed by atoms with Crippen molar-refractivity contribution in [2.75, 3.05) is 0 Å². The normalized spacial score (nSPS) is 10.9. The monoisotopic (exact) mass is 316 g/mol. The Morgan fingerprint density at radius 3 is 2.72 bits per heavy atom. The van der Waals surface area contributed by atoms with Crippen molar-refractivity contribution in [2.45, 2.75) is 13.0 Å². The lowest BCUT2D eigenvalue weighted by atomic mass is 10.1. The largest absolute Gasteiger partial charge is 0.434 e. The minimum Gasteiger partial charge on any atom is -0.434 e. The van der Waals surface area contributed by atoms with E-state index < -0.39 is 6.61 Å². The van der Waals surface area contributed by atoms with Gasteiger partial charge in [0.25, 0.3) is 0 Å². The molecule has 0 aliphatic rings. The SMILES string of the molecule is Cn1nccc1Cc1ccc(OC(F)F)c(Br)c1. The van der Waals surface area contributed by atoms with Crippen molar-refractivity contribution < 1.29 is 13.5 Å². The highest BCUT2D eigenvalue weighted by Gasteiger charge is 2.09. The van der Waals surface area contributed by atoms with Gasteiger partial charge in [-0.3, -0.25) is 4.68 Å². The van der Waals surface area contributed by atoms with E-state index in [0.29, 0.717) is 10.9 Å². The molecule has 2 rings (SSSR count). The Balaban J connectivity index is 2.16. The first kappa shape index (κ1) is 13.0. The molecule has 0 fully saturated rings. The molecule has 0 N–H and O–H groups in total. The lowest BCUT2D eigenvalue weighted by molar-refractivity contribution is -0.0503. The first-order valence-electron chi connectivity index (χ1n) is 5.26. The molecule has 0 saturated carbocycles. The molecule has 3 nitrogen and oxygen atoms in total. The molecule has 0 saturated heterocycles. The molecular weight excluding hydrogens is 306 g/mol. The van der Waals surface area contributed by atoms with E-state index >= 15 is 0 Å². The van der Waals surface area contributed by atoms with Gasteiger partial charge >= 0.3 is 6.61 Å². The Bertz CT molecular complexity index is 543. The Hall–Kier alpha value is -1.43. The van der Waals surface area contributed by atoms with E-state index in [9.17, 15) is 8.78 Å². The molecule has 6 heteroatoms. The van der Waals surface area contributed by atoms with Crippen LogP contribution in [0.5, 0.6) is 5.75 Å². The second kappa shape index (κ2) is 5.48. The molecule has 0 bridgehead atoms. The van der Waals surface area contributed by atoms with Crippen LogP contribution in [0.3, 0.4) is 0 Å². The van der Waals surface area contributed by atoms with E-state index in [2.05, 4.69) is 25.8 Å². The van der Waals surface area contributed by atoms with Gasteiger partial charge in [-0.25, -0.2) is 0 Å². The molecule has 0 atom stereocenters. The van der Waals surface area contributed by atoms with E-state index in [0.717, 1.165) is 11.3 Å². The summed E-state index contributed by atoms with van der Waals surface area (Å²) in [5.74, 6) is 0.138. The first-order chi connectivity index (χ1) is 8.56. The van der Waals surface area contributed by atoms with Gasteiger partial charge in [-0.1, -0.05) is 6.07 Å². The molecule has 0 aliphatic carbocycles. The summed E-state index contributed by atoms with van der Waals surface area (Å²) in [7, 11) is 1.86. The summed E-state index contributed by atoms with van der Waals surface area (Å²) < 4.78 is 30.9. The fraction of sp³-hybridized carbons (Fsp3) is 0.250. The maximum absolute atomic E-state index is 12.1. The molecule has 0 unspecified atom stereocenters. The van der Waals surface area contributed by atoms with E-state index in [1.165, 1.54) is 6.07 Å². The van der Waals surface area contributed by atoms with Crippen LogP contribution in [0.2, 0.25) is 0 Å². The number of hydrogen-bond donors (Lipinski definition) is 0. The summed E-state index contributed by atoms with van der Waals surface area (Å²) in [5, 5.41) is 4.07. The summed E-state index contributed by atoms with van der Waals surface area (Å²) in [6, 6.07) is 6.97. The highest BCUT2D eigenvalue weighted by atomic mass is 79.9. The Labute approximate surface area is 112 Å².